The Hall–Kier alpha value is -2.86. The van der Waals surface area contributed by atoms with E-state index in [1.807, 2.05) is 44.2 Å². The number of aromatic nitrogens is 4. The molecule has 6 heteroatoms. The van der Waals surface area contributed by atoms with Crippen molar-refractivity contribution in [1.29, 1.82) is 0 Å². The van der Waals surface area contributed by atoms with Crippen LogP contribution in [0.3, 0.4) is 0 Å². The molecule has 0 spiro atoms. The van der Waals surface area contributed by atoms with E-state index in [1.165, 1.54) is 0 Å². The van der Waals surface area contributed by atoms with Crippen LogP contribution in [0.4, 0.5) is 5.82 Å². The van der Waals surface area contributed by atoms with Crippen LogP contribution in [0.1, 0.15) is 32.4 Å². The van der Waals surface area contributed by atoms with Crippen molar-refractivity contribution in [3.05, 3.63) is 42.2 Å². The number of pyridine rings is 1. The van der Waals surface area contributed by atoms with Gasteiger partial charge in [-0.1, -0.05) is 19.9 Å². The zero-order chi connectivity index (χ0) is 17.6. The maximum Gasteiger partial charge on any atom is 0.153 e. The number of H-pyrrole nitrogens is 2. The third kappa shape index (κ3) is 2.37. The third-order valence-corrected chi connectivity index (χ3v) is 5.11. The number of nitrogens with zero attached hydrogens (tertiary/aromatic N) is 2. The summed E-state index contributed by atoms with van der Waals surface area (Å²) < 4.78 is 0. The van der Waals surface area contributed by atoms with E-state index in [0.717, 1.165) is 38.8 Å². The SMILES string of the molecule is CCC(O)(CC)c1cc2c(-c3ccc4[nH]nc(N)c4c3)ccnc2[nH]1. The number of aliphatic hydroxyl groups is 1. The summed E-state index contributed by atoms with van der Waals surface area (Å²) in [5, 5.41) is 19.7. The van der Waals surface area contributed by atoms with Gasteiger partial charge >= 0.3 is 0 Å². The molecule has 0 unspecified atom stereocenters. The molecule has 3 heterocycles. The van der Waals surface area contributed by atoms with Crippen LogP contribution in [-0.4, -0.2) is 25.3 Å². The summed E-state index contributed by atoms with van der Waals surface area (Å²) in [6, 6.07) is 10.0. The highest BCUT2D eigenvalue weighted by molar-refractivity contribution is 5.98. The minimum Gasteiger partial charge on any atom is -0.384 e. The van der Waals surface area contributed by atoms with E-state index in [4.69, 9.17) is 5.73 Å². The van der Waals surface area contributed by atoms with E-state index >= 15 is 0 Å². The first-order valence-electron chi connectivity index (χ1n) is 8.50. The van der Waals surface area contributed by atoms with E-state index < -0.39 is 5.60 Å². The lowest BCUT2D eigenvalue weighted by Gasteiger charge is -2.23. The van der Waals surface area contributed by atoms with Gasteiger partial charge in [0.1, 0.15) is 11.2 Å². The van der Waals surface area contributed by atoms with Gasteiger partial charge < -0.3 is 15.8 Å². The summed E-state index contributed by atoms with van der Waals surface area (Å²) in [4.78, 5) is 7.72. The van der Waals surface area contributed by atoms with Crippen molar-refractivity contribution in [2.24, 2.45) is 0 Å². The molecule has 3 aromatic heterocycles. The maximum absolute atomic E-state index is 10.8. The van der Waals surface area contributed by atoms with Crippen LogP contribution in [0.5, 0.6) is 0 Å². The monoisotopic (exact) mass is 335 g/mol. The van der Waals surface area contributed by atoms with Gasteiger partial charge in [-0.2, -0.15) is 5.10 Å². The standard InChI is InChI=1S/C19H21N5O/c1-3-19(25,4-2)16-10-13-12(7-8-21-18(13)22-16)11-5-6-15-14(9-11)17(20)24-23-15/h5-10,25H,3-4H2,1-2H3,(H,21,22)(H3,20,23,24). The lowest BCUT2D eigenvalue weighted by atomic mass is 9.93. The quantitative estimate of drug-likeness (QED) is 0.456. The van der Waals surface area contributed by atoms with Crippen LogP contribution in [0.2, 0.25) is 0 Å². The Balaban J connectivity index is 1.92. The summed E-state index contributed by atoms with van der Waals surface area (Å²) in [6.07, 6.45) is 3.06. The van der Waals surface area contributed by atoms with E-state index in [-0.39, 0.29) is 0 Å². The molecule has 1 aromatic carbocycles. The fourth-order valence-electron chi connectivity index (χ4n) is 3.36. The Morgan fingerprint density at radius 1 is 1.12 bits per heavy atom. The van der Waals surface area contributed by atoms with E-state index in [0.29, 0.717) is 18.7 Å². The average molecular weight is 335 g/mol. The van der Waals surface area contributed by atoms with Gasteiger partial charge in [0.05, 0.1) is 5.52 Å². The molecule has 0 aliphatic rings. The first-order chi connectivity index (χ1) is 12.1. The highest BCUT2D eigenvalue weighted by Gasteiger charge is 2.27. The molecule has 0 aliphatic carbocycles. The molecule has 0 aliphatic heterocycles. The molecule has 0 atom stereocenters. The van der Waals surface area contributed by atoms with Crippen LogP contribution in [0.25, 0.3) is 33.1 Å². The Labute approximate surface area is 145 Å². The van der Waals surface area contributed by atoms with Gasteiger partial charge in [0.25, 0.3) is 0 Å². The van der Waals surface area contributed by atoms with Gasteiger partial charge in [-0.25, -0.2) is 4.98 Å². The fourth-order valence-corrected chi connectivity index (χ4v) is 3.36. The first-order valence-corrected chi connectivity index (χ1v) is 8.50. The molecule has 0 amide bonds. The molecule has 0 radical (unpaired) electrons. The molecule has 6 nitrogen and oxygen atoms in total. The molecule has 4 aromatic rings. The second kappa shape index (κ2) is 5.60. The number of hydrogen-bond acceptors (Lipinski definition) is 4. The van der Waals surface area contributed by atoms with E-state index in [9.17, 15) is 5.11 Å². The Kier molecular flexibility index (Phi) is 3.51. The second-order valence-corrected chi connectivity index (χ2v) is 6.41. The van der Waals surface area contributed by atoms with Gasteiger partial charge in [0.15, 0.2) is 5.82 Å². The number of hydrogen-bond donors (Lipinski definition) is 4. The number of aromatic amines is 2. The summed E-state index contributed by atoms with van der Waals surface area (Å²) in [5.74, 6) is 0.489. The molecule has 25 heavy (non-hydrogen) atoms. The Morgan fingerprint density at radius 2 is 1.92 bits per heavy atom. The molecule has 0 saturated carbocycles. The van der Waals surface area contributed by atoms with Crippen LogP contribution in [-0.2, 0) is 5.60 Å². The minimum absolute atomic E-state index is 0.489. The zero-order valence-corrected chi connectivity index (χ0v) is 14.3. The van der Waals surface area contributed by atoms with Crippen molar-refractivity contribution in [3.8, 4) is 11.1 Å². The predicted octanol–water partition coefficient (Wildman–Crippen LogP) is 3.70. The smallest absolute Gasteiger partial charge is 0.153 e. The van der Waals surface area contributed by atoms with Crippen LogP contribution < -0.4 is 5.73 Å². The largest absolute Gasteiger partial charge is 0.384 e. The van der Waals surface area contributed by atoms with Crippen LogP contribution >= 0.6 is 0 Å². The number of rotatable bonds is 4. The second-order valence-electron chi connectivity index (χ2n) is 6.41. The van der Waals surface area contributed by atoms with Crippen molar-refractivity contribution in [3.63, 3.8) is 0 Å². The molecule has 0 saturated heterocycles. The molecule has 0 bridgehead atoms. The number of fused-ring (bicyclic) bond motifs is 2. The van der Waals surface area contributed by atoms with Gasteiger partial charge in [-0.05, 0) is 48.2 Å². The fraction of sp³-hybridized carbons (Fsp3) is 0.263. The number of benzene rings is 1. The topological polar surface area (TPSA) is 104 Å². The molecule has 5 N–H and O–H groups in total. The molecule has 4 rings (SSSR count). The van der Waals surface area contributed by atoms with Gasteiger partial charge in [0.2, 0.25) is 0 Å². The zero-order valence-electron chi connectivity index (χ0n) is 14.3. The third-order valence-electron chi connectivity index (χ3n) is 5.11. The number of nitrogen functional groups attached to an aromatic ring is 1. The average Bonchev–Trinajstić information content (AvgIpc) is 3.25. The number of nitrogens with one attached hydrogen (secondary N) is 2. The normalized spacial score (nSPS) is 12.3. The van der Waals surface area contributed by atoms with Crippen molar-refractivity contribution >= 4 is 27.8 Å². The highest BCUT2D eigenvalue weighted by Crippen LogP contribution is 2.35. The minimum atomic E-state index is -0.864. The van der Waals surface area contributed by atoms with Gasteiger partial charge in [0, 0.05) is 22.7 Å². The van der Waals surface area contributed by atoms with Crippen molar-refractivity contribution < 1.29 is 5.11 Å². The lowest BCUT2D eigenvalue weighted by molar-refractivity contribution is 0.0247. The van der Waals surface area contributed by atoms with Gasteiger partial charge in [-0.3, -0.25) is 5.10 Å². The van der Waals surface area contributed by atoms with Crippen molar-refractivity contribution in [2.45, 2.75) is 32.3 Å². The Morgan fingerprint density at radius 3 is 2.68 bits per heavy atom. The van der Waals surface area contributed by atoms with E-state index in [1.54, 1.807) is 6.20 Å². The number of nitrogens with two attached hydrogens (primary N) is 1. The highest BCUT2D eigenvalue weighted by atomic mass is 16.3. The summed E-state index contributed by atoms with van der Waals surface area (Å²) in [5.41, 5.74) is 9.64. The van der Waals surface area contributed by atoms with Gasteiger partial charge in [-0.15, -0.1) is 0 Å². The molecule has 0 fully saturated rings. The molecular formula is C19H21N5O. The lowest BCUT2D eigenvalue weighted by Crippen LogP contribution is -2.23. The summed E-state index contributed by atoms with van der Waals surface area (Å²) in [6.45, 7) is 3.97. The van der Waals surface area contributed by atoms with Crippen LogP contribution in [0.15, 0.2) is 36.5 Å². The summed E-state index contributed by atoms with van der Waals surface area (Å²) in [7, 11) is 0. The number of anilines is 1. The molecular weight excluding hydrogens is 314 g/mol. The van der Waals surface area contributed by atoms with E-state index in [2.05, 4.69) is 20.2 Å². The van der Waals surface area contributed by atoms with Crippen LogP contribution in [0, 0.1) is 0 Å². The molecule has 128 valence electrons. The predicted molar refractivity (Wildman–Crippen MR) is 100 cm³/mol. The van der Waals surface area contributed by atoms with Crippen molar-refractivity contribution in [2.75, 3.05) is 5.73 Å². The first kappa shape index (κ1) is 15.7. The Bertz CT molecular complexity index is 1060. The summed E-state index contributed by atoms with van der Waals surface area (Å²) >= 11 is 0. The maximum atomic E-state index is 10.8. The van der Waals surface area contributed by atoms with Crippen molar-refractivity contribution in [1.82, 2.24) is 20.2 Å².